The third-order valence-electron chi connectivity index (χ3n) is 3.71. The van der Waals surface area contributed by atoms with Gasteiger partial charge >= 0.3 is 5.97 Å². The largest absolute Gasteiger partial charge is 0.478 e. The molecule has 0 radical (unpaired) electrons. The highest BCUT2D eigenvalue weighted by Crippen LogP contribution is 2.27. The van der Waals surface area contributed by atoms with E-state index in [0.717, 1.165) is 28.7 Å². The van der Waals surface area contributed by atoms with E-state index >= 15 is 0 Å². The van der Waals surface area contributed by atoms with Crippen molar-refractivity contribution in [1.82, 2.24) is 0 Å². The summed E-state index contributed by atoms with van der Waals surface area (Å²) in [5.41, 5.74) is 5.67. The minimum Gasteiger partial charge on any atom is -0.478 e. The van der Waals surface area contributed by atoms with Gasteiger partial charge in [0.1, 0.15) is 0 Å². The zero-order chi connectivity index (χ0) is 15.6. The second-order valence-corrected chi connectivity index (χ2v) is 6.08. The first-order chi connectivity index (χ1) is 9.88. The quantitative estimate of drug-likeness (QED) is 0.868. The van der Waals surface area contributed by atoms with Crippen molar-refractivity contribution in [2.24, 2.45) is 5.92 Å². The van der Waals surface area contributed by atoms with Gasteiger partial charge in [0.15, 0.2) is 0 Å². The standard InChI is InChI=1S/C19H22O2/c1-12(2)9-15-5-7-16(8-6-15)17-11-18(19(20)21)14(4)10-13(17)3/h5-8,10-12H,9H2,1-4H3,(H,20,21). The molecule has 0 saturated carbocycles. The molecule has 0 saturated heterocycles. The van der Waals surface area contributed by atoms with Gasteiger partial charge in [-0.05, 0) is 60.1 Å². The third kappa shape index (κ3) is 3.52. The number of rotatable bonds is 4. The molecule has 0 aliphatic carbocycles. The maximum Gasteiger partial charge on any atom is 0.335 e. The molecule has 21 heavy (non-hydrogen) atoms. The predicted octanol–water partition coefficient (Wildman–Crippen LogP) is 4.87. The number of carboxylic acids is 1. The van der Waals surface area contributed by atoms with Crippen LogP contribution in [0.4, 0.5) is 0 Å². The maximum atomic E-state index is 11.3. The zero-order valence-corrected chi connectivity index (χ0v) is 13.1. The van der Waals surface area contributed by atoms with E-state index in [1.54, 1.807) is 6.07 Å². The van der Waals surface area contributed by atoms with Crippen molar-refractivity contribution in [3.63, 3.8) is 0 Å². The molecule has 0 spiro atoms. The second-order valence-electron chi connectivity index (χ2n) is 6.08. The highest BCUT2D eigenvalue weighted by molar-refractivity contribution is 5.91. The van der Waals surface area contributed by atoms with E-state index in [-0.39, 0.29) is 0 Å². The topological polar surface area (TPSA) is 37.3 Å². The van der Waals surface area contributed by atoms with Crippen LogP contribution in [0, 0.1) is 19.8 Å². The molecule has 2 heteroatoms. The zero-order valence-electron chi connectivity index (χ0n) is 13.1. The Morgan fingerprint density at radius 1 is 1.05 bits per heavy atom. The van der Waals surface area contributed by atoms with Crippen LogP contribution in [-0.4, -0.2) is 11.1 Å². The number of carboxylic acid groups (broad SMARTS) is 1. The Balaban J connectivity index is 2.42. The molecule has 0 atom stereocenters. The number of aryl methyl sites for hydroxylation is 2. The van der Waals surface area contributed by atoms with Crippen molar-refractivity contribution < 1.29 is 9.90 Å². The van der Waals surface area contributed by atoms with Crippen LogP contribution in [0.25, 0.3) is 11.1 Å². The number of benzene rings is 2. The first-order valence-electron chi connectivity index (χ1n) is 7.32. The molecule has 2 aromatic carbocycles. The first kappa shape index (κ1) is 15.3. The Hall–Kier alpha value is -2.09. The fraction of sp³-hybridized carbons (Fsp3) is 0.316. The van der Waals surface area contributed by atoms with Gasteiger partial charge in [-0.1, -0.05) is 44.2 Å². The van der Waals surface area contributed by atoms with Crippen molar-refractivity contribution >= 4 is 5.97 Å². The first-order valence-corrected chi connectivity index (χ1v) is 7.32. The van der Waals surface area contributed by atoms with Crippen molar-refractivity contribution in [2.45, 2.75) is 34.1 Å². The lowest BCUT2D eigenvalue weighted by Gasteiger charge is -2.11. The smallest absolute Gasteiger partial charge is 0.335 e. The molecular weight excluding hydrogens is 260 g/mol. The van der Waals surface area contributed by atoms with Crippen LogP contribution in [0.15, 0.2) is 36.4 Å². The van der Waals surface area contributed by atoms with E-state index in [1.807, 2.05) is 19.9 Å². The summed E-state index contributed by atoms with van der Waals surface area (Å²) in [4.78, 5) is 11.3. The van der Waals surface area contributed by atoms with Gasteiger partial charge in [0.05, 0.1) is 5.56 Å². The molecule has 0 fully saturated rings. The van der Waals surface area contributed by atoms with Gasteiger partial charge < -0.3 is 5.11 Å². The SMILES string of the molecule is Cc1cc(C)c(-c2ccc(CC(C)C)cc2)cc1C(=O)O. The summed E-state index contributed by atoms with van der Waals surface area (Å²) in [6, 6.07) is 12.2. The van der Waals surface area contributed by atoms with Crippen LogP contribution in [0.1, 0.15) is 40.9 Å². The van der Waals surface area contributed by atoms with Crippen molar-refractivity contribution in [1.29, 1.82) is 0 Å². The summed E-state index contributed by atoms with van der Waals surface area (Å²) in [5.74, 6) is -0.235. The molecule has 0 unspecified atom stereocenters. The molecule has 0 bridgehead atoms. The van der Waals surface area contributed by atoms with Crippen LogP contribution < -0.4 is 0 Å². The van der Waals surface area contributed by atoms with E-state index < -0.39 is 5.97 Å². The number of aromatic carboxylic acids is 1. The van der Waals surface area contributed by atoms with Gasteiger partial charge in [-0.15, -0.1) is 0 Å². The predicted molar refractivity (Wildman–Crippen MR) is 86.9 cm³/mol. The van der Waals surface area contributed by atoms with E-state index in [1.165, 1.54) is 5.56 Å². The summed E-state index contributed by atoms with van der Waals surface area (Å²) < 4.78 is 0. The van der Waals surface area contributed by atoms with Crippen LogP contribution in [0.5, 0.6) is 0 Å². The molecule has 110 valence electrons. The lowest BCUT2D eigenvalue weighted by atomic mass is 9.93. The maximum absolute atomic E-state index is 11.3. The molecule has 0 heterocycles. The lowest BCUT2D eigenvalue weighted by molar-refractivity contribution is 0.0696. The summed E-state index contributed by atoms with van der Waals surface area (Å²) in [7, 11) is 0. The average Bonchev–Trinajstić information content (AvgIpc) is 2.39. The Morgan fingerprint density at radius 2 is 1.67 bits per heavy atom. The Bertz CT molecular complexity index is 652. The Kier molecular flexibility index (Phi) is 4.46. The third-order valence-corrected chi connectivity index (χ3v) is 3.71. The van der Waals surface area contributed by atoms with Gasteiger partial charge in [-0.2, -0.15) is 0 Å². The minimum absolute atomic E-state index is 0.377. The highest BCUT2D eigenvalue weighted by Gasteiger charge is 2.11. The molecule has 0 amide bonds. The fourth-order valence-electron chi connectivity index (χ4n) is 2.69. The van der Waals surface area contributed by atoms with Gasteiger partial charge in [0, 0.05) is 0 Å². The molecule has 0 aromatic heterocycles. The Labute approximate surface area is 126 Å². The summed E-state index contributed by atoms with van der Waals surface area (Å²) in [5, 5.41) is 9.27. The number of carbonyl (C=O) groups is 1. The molecule has 0 aliphatic heterocycles. The normalized spacial score (nSPS) is 10.9. The molecule has 0 aliphatic rings. The number of hydrogen-bond donors (Lipinski definition) is 1. The van der Waals surface area contributed by atoms with Gasteiger partial charge in [0.25, 0.3) is 0 Å². The van der Waals surface area contributed by atoms with Crippen LogP contribution in [0.3, 0.4) is 0 Å². The fourth-order valence-corrected chi connectivity index (χ4v) is 2.69. The van der Waals surface area contributed by atoms with Gasteiger partial charge in [0.2, 0.25) is 0 Å². The van der Waals surface area contributed by atoms with Gasteiger partial charge in [-0.3, -0.25) is 0 Å². The van der Waals surface area contributed by atoms with E-state index in [9.17, 15) is 9.90 Å². The Morgan fingerprint density at radius 3 is 2.19 bits per heavy atom. The molecular formula is C19H22O2. The molecule has 2 nitrogen and oxygen atoms in total. The average molecular weight is 282 g/mol. The summed E-state index contributed by atoms with van der Waals surface area (Å²) in [6.07, 6.45) is 1.06. The number of hydrogen-bond acceptors (Lipinski definition) is 1. The van der Waals surface area contributed by atoms with E-state index in [0.29, 0.717) is 11.5 Å². The van der Waals surface area contributed by atoms with E-state index in [4.69, 9.17) is 0 Å². The minimum atomic E-state index is -0.870. The van der Waals surface area contributed by atoms with Crippen LogP contribution in [0.2, 0.25) is 0 Å². The van der Waals surface area contributed by atoms with Crippen LogP contribution in [-0.2, 0) is 6.42 Å². The highest BCUT2D eigenvalue weighted by atomic mass is 16.4. The van der Waals surface area contributed by atoms with Crippen molar-refractivity contribution in [3.05, 3.63) is 58.7 Å². The second kappa shape index (κ2) is 6.13. The monoisotopic (exact) mass is 282 g/mol. The summed E-state index contributed by atoms with van der Waals surface area (Å²) in [6.45, 7) is 8.27. The van der Waals surface area contributed by atoms with Gasteiger partial charge in [-0.25, -0.2) is 4.79 Å². The lowest BCUT2D eigenvalue weighted by Crippen LogP contribution is -2.01. The van der Waals surface area contributed by atoms with Crippen molar-refractivity contribution in [2.75, 3.05) is 0 Å². The molecule has 1 N–H and O–H groups in total. The van der Waals surface area contributed by atoms with Crippen molar-refractivity contribution in [3.8, 4) is 11.1 Å². The summed E-state index contributed by atoms with van der Waals surface area (Å²) >= 11 is 0. The molecule has 2 aromatic rings. The van der Waals surface area contributed by atoms with Crippen LogP contribution >= 0.6 is 0 Å². The van der Waals surface area contributed by atoms with E-state index in [2.05, 4.69) is 38.1 Å². The molecule has 2 rings (SSSR count).